The van der Waals surface area contributed by atoms with E-state index in [2.05, 4.69) is 0 Å². The third-order valence-electron chi connectivity index (χ3n) is 3.99. The first-order chi connectivity index (χ1) is 11.3. The topological polar surface area (TPSA) is 63.7 Å². The summed E-state index contributed by atoms with van der Waals surface area (Å²) in [4.78, 5) is 42.3. The molecular formula is C18H14ClNO4. The van der Waals surface area contributed by atoms with Crippen LogP contribution in [0.3, 0.4) is 0 Å². The van der Waals surface area contributed by atoms with E-state index in [1.807, 2.05) is 0 Å². The van der Waals surface area contributed by atoms with Crippen molar-refractivity contribution in [3.8, 4) is 0 Å². The smallest absolute Gasteiger partial charge is 0.329 e. The number of amides is 2. The number of carbonyl (C=O) groups is 3. The van der Waals surface area contributed by atoms with E-state index in [1.165, 1.54) is 12.1 Å². The van der Waals surface area contributed by atoms with E-state index in [0.717, 1.165) is 0 Å². The van der Waals surface area contributed by atoms with Crippen molar-refractivity contribution in [1.82, 2.24) is 5.06 Å². The van der Waals surface area contributed by atoms with Gasteiger partial charge in [0.1, 0.15) is 0 Å². The van der Waals surface area contributed by atoms with Crippen LogP contribution in [0.4, 0.5) is 0 Å². The Morgan fingerprint density at radius 2 is 1.46 bits per heavy atom. The highest BCUT2D eigenvalue weighted by Gasteiger charge is 2.42. The molecule has 1 aliphatic rings. The third kappa shape index (κ3) is 2.47. The van der Waals surface area contributed by atoms with Crippen molar-refractivity contribution in [2.75, 3.05) is 0 Å². The molecule has 3 rings (SSSR count). The van der Waals surface area contributed by atoms with Gasteiger partial charge in [0.25, 0.3) is 11.8 Å². The molecule has 0 atom stereocenters. The van der Waals surface area contributed by atoms with Crippen molar-refractivity contribution >= 4 is 29.4 Å². The Morgan fingerprint density at radius 1 is 0.958 bits per heavy atom. The molecule has 0 aliphatic carbocycles. The van der Waals surface area contributed by atoms with Crippen molar-refractivity contribution in [1.29, 1.82) is 0 Å². The van der Waals surface area contributed by atoms with Crippen LogP contribution in [0.15, 0.2) is 48.5 Å². The molecule has 0 radical (unpaired) electrons. The van der Waals surface area contributed by atoms with E-state index in [0.29, 0.717) is 15.6 Å². The fraction of sp³-hybridized carbons (Fsp3) is 0.167. The first-order valence-electron chi connectivity index (χ1n) is 7.29. The zero-order valence-corrected chi connectivity index (χ0v) is 13.8. The van der Waals surface area contributed by atoms with E-state index in [9.17, 15) is 14.4 Å². The molecule has 122 valence electrons. The van der Waals surface area contributed by atoms with Gasteiger partial charge in [-0.05, 0) is 37.6 Å². The standard InChI is InChI=1S/C18H14ClNO4/c1-18(2,13-9-5-6-10-14(13)19)17(23)24-20-15(21)11-7-3-4-8-12(11)16(20)22/h3-10H,1-2H3. The highest BCUT2D eigenvalue weighted by atomic mass is 35.5. The van der Waals surface area contributed by atoms with E-state index >= 15 is 0 Å². The molecule has 6 heteroatoms. The van der Waals surface area contributed by atoms with Crippen LogP contribution in [-0.2, 0) is 15.0 Å². The second-order valence-corrected chi connectivity index (χ2v) is 6.34. The minimum atomic E-state index is -1.13. The zero-order valence-electron chi connectivity index (χ0n) is 13.1. The van der Waals surface area contributed by atoms with E-state index in [4.69, 9.17) is 16.4 Å². The minimum absolute atomic E-state index is 0.214. The second-order valence-electron chi connectivity index (χ2n) is 5.93. The van der Waals surface area contributed by atoms with Crippen LogP contribution in [0, 0.1) is 0 Å². The van der Waals surface area contributed by atoms with Crippen LogP contribution in [0.2, 0.25) is 5.02 Å². The first kappa shape index (κ1) is 16.2. The van der Waals surface area contributed by atoms with Gasteiger partial charge >= 0.3 is 5.97 Å². The van der Waals surface area contributed by atoms with Crippen LogP contribution in [0.5, 0.6) is 0 Å². The normalized spacial score (nSPS) is 13.9. The molecule has 2 amide bonds. The molecule has 5 nitrogen and oxygen atoms in total. The Kier molecular flexibility index (Phi) is 3.89. The van der Waals surface area contributed by atoms with Gasteiger partial charge in [-0.3, -0.25) is 9.59 Å². The largest absolute Gasteiger partial charge is 0.343 e. The number of imide groups is 1. The van der Waals surface area contributed by atoms with Crippen molar-refractivity contribution in [2.45, 2.75) is 19.3 Å². The number of carbonyl (C=O) groups excluding carboxylic acids is 3. The predicted molar refractivity (Wildman–Crippen MR) is 87.5 cm³/mol. The van der Waals surface area contributed by atoms with Gasteiger partial charge in [-0.1, -0.05) is 47.0 Å². The zero-order chi connectivity index (χ0) is 17.5. The Balaban J connectivity index is 1.87. The van der Waals surface area contributed by atoms with Crippen LogP contribution in [-0.4, -0.2) is 22.8 Å². The number of hydrogen-bond acceptors (Lipinski definition) is 4. The quantitative estimate of drug-likeness (QED) is 0.801. The fourth-order valence-electron chi connectivity index (χ4n) is 2.53. The Labute approximate surface area is 143 Å². The highest BCUT2D eigenvalue weighted by Crippen LogP contribution is 2.32. The highest BCUT2D eigenvalue weighted by molar-refractivity contribution is 6.31. The molecule has 0 fully saturated rings. The summed E-state index contributed by atoms with van der Waals surface area (Å²) in [5.74, 6) is -2.05. The third-order valence-corrected chi connectivity index (χ3v) is 4.32. The molecule has 0 saturated heterocycles. The van der Waals surface area contributed by atoms with Crippen LogP contribution in [0.25, 0.3) is 0 Å². The van der Waals surface area contributed by atoms with Gasteiger partial charge < -0.3 is 4.84 Å². The number of nitrogens with zero attached hydrogens (tertiary/aromatic N) is 1. The van der Waals surface area contributed by atoms with Gasteiger partial charge in [-0.2, -0.15) is 0 Å². The molecule has 0 aromatic heterocycles. The average molecular weight is 344 g/mol. The summed E-state index contributed by atoms with van der Waals surface area (Å²) in [6, 6.07) is 13.2. The second kappa shape index (κ2) is 5.76. The van der Waals surface area contributed by atoms with Gasteiger partial charge in [-0.15, -0.1) is 0 Å². The average Bonchev–Trinajstić information content (AvgIpc) is 2.80. The van der Waals surface area contributed by atoms with Crippen molar-refractivity contribution < 1.29 is 19.2 Å². The SMILES string of the molecule is CC(C)(C(=O)ON1C(=O)c2ccccc2C1=O)c1ccccc1Cl. The number of hydroxylamine groups is 2. The first-order valence-corrected chi connectivity index (χ1v) is 7.67. The molecule has 0 saturated carbocycles. The molecule has 1 heterocycles. The molecule has 2 aromatic carbocycles. The summed E-state index contributed by atoms with van der Waals surface area (Å²) >= 11 is 6.14. The van der Waals surface area contributed by atoms with Crippen LogP contribution >= 0.6 is 11.6 Å². The van der Waals surface area contributed by atoms with Crippen molar-refractivity contribution in [3.63, 3.8) is 0 Å². The van der Waals surface area contributed by atoms with E-state index < -0.39 is 23.2 Å². The lowest BCUT2D eigenvalue weighted by Crippen LogP contribution is -2.40. The number of benzene rings is 2. The van der Waals surface area contributed by atoms with Gasteiger partial charge in [0, 0.05) is 5.02 Å². The molecule has 0 bridgehead atoms. The predicted octanol–water partition coefficient (Wildman–Crippen LogP) is 3.37. The molecule has 1 aliphatic heterocycles. The molecule has 0 spiro atoms. The summed E-state index contributed by atoms with van der Waals surface area (Å²) < 4.78 is 0. The lowest BCUT2D eigenvalue weighted by molar-refractivity contribution is -0.174. The van der Waals surface area contributed by atoms with Crippen molar-refractivity contribution in [2.24, 2.45) is 0 Å². The number of rotatable bonds is 3. The maximum absolute atomic E-state index is 12.6. The Morgan fingerprint density at radius 3 is 2.00 bits per heavy atom. The summed E-state index contributed by atoms with van der Waals surface area (Å²) in [7, 11) is 0. The molecule has 2 aromatic rings. The molecular weight excluding hydrogens is 330 g/mol. The van der Waals surface area contributed by atoms with Crippen molar-refractivity contribution in [3.05, 3.63) is 70.2 Å². The maximum Gasteiger partial charge on any atom is 0.343 e. The molecule has 0 unspecified atom stereocenters. The number of hydrogen-bond donors (Lipinski definition) is 0. The lowest BCUT2D eigenvalue weighted by atomic mass is 9.85. The number of halogens is 1. The van der Waals surface area contributed by atoms with Gasteiger partial charge in [-0.25, -0.2) is 4.79 Å². The summed E-state index contributed by atoms with van der Waals surface area (Å²) in [6.45, 7) is 3.24. The Hall–Kier alpha value is -2.66. The van der Waals surface area contributed by atoms with Gasteiger partial charge in [0.2, 0.25) is 0 Å². The molecule has 0 N–H and O–H groups in total. The summed E-state index contributed by atoms with van der Waals surface area (Å²) in [5, 5.41) is 0.910. The van der Waals surface area contributed by atoms with E-state index in [-0.39, 0.29) is 11.1 Å². The van der Waals surface area contributed by atoms with Crippen LogP contribution in [0.1, 0.15) is 40.1 Å². The minimum Gasteiger partial charge on any atom is -0.329 e. The van der Waals surface area contributed by atoms with E-state index in [1.54, 1.807) is 50.2 Å². The maximum atomic E-state index is 12.6. The fourth-order valence-corrected chi connectivity index (χ4v) is 2.90. The van der Waals surface area contributed by atoms with Gasteiger partial charge in [0.05, 0.1) is 16.5 Å². The lowest BCUT2D eigenvalue weighted by Gasteiger charge is -2.25. The number of fused-ring (bicyclic) bond motifs is 1. The summed E-state index contributed by atoms with van der Waals surface area (Å²) in [5.41, 5.74) is -0.154. The van der Waals surface area contributed by atoms with Gasteiger partial charge in [0.15, 0.2) is 0 Å². The monoisotopic (exact) mass is 343 g/mol. The summed E-state index contributed by atoms with van der Waals surface area (Å²) in [6.07, 6.45) is 0. The van der Waals surface area contributed by atoms with Crippen LogP contribution < -0.4 is 0 Å². The Bertz CT molecular complexity index is 825. The molecule has 24 heavy (non-hydrogen) atoms.